The standard InChI is InChI=1S/C35H59NO4/c1-13-15-30(3,4)17-19-33(9,29(39)40-12)20-18-31(5,6)35(11)16-14-26-32(7,8)28(38)25(23-36)22-34(26,10)27(35)21-24(2)37/h22,24,26-27,37H,13-21H2,1-12H3/t24-,26-,27+,33-,34-,35+/m0/s1. The van der Waals surface area contributed by atoms with Crippen LogP contribution in [0.25, 0.3) is 0 Å². The number of nitriles is 1. The molecule has 1 fully saturated rings. The molecule has 5 nitrogen and oxygen atoms in total. The van der Waals surface area contributed by atoms with Gasteiger partial charge in [0, 0.05) is 5.41 Å². The minimum absolute atomic E-state index is 0.0593. The Morgan fingerprint density at radius 3 is 2.17 bits per heavy atom. The van der Waals surface area contributed by atoms with Gasteiger partial charge in [0.1, 0.15) is 6.07 Å². The highest BCUT2D eigenvalue weighted by atomic mass is 16.5. The summed E-state index contributed by atoms with van der Waals surface area (Å²) in [5.74, 6) is -0.0298. The molecule has 0 heterocycles. The third-order valence-corrected chi connectivity index (χ3v) is 11.9. The van der Waals surface area contributed by atoms with Gasteiger partial charge in [-0.1, -0.05) is 74.8 Å². The smallest absolute Gasteiger partial charge is 0.311 e. The molecule has 0 saturated heterocycles. The molecule has 0 aromatic rings. The molecular weight excluding hydrogens is 498 g/mol. The fraction of sp³-hybridized carbons (Fsp3) is 0.857. The average molecular weight is 558 g/mol. The van der Waals surface area contributed by atoms with Crippen LogP contribution in [-0.4, -0.2) is 30.1 Å². The zero-order chi connectivity index (χ0) is 30.9. The Hall–Kier alpha value is -1.67. The molecule has 0 spiro atoms. The number of nitrogens with zero attached hydrogens (tertiary/aromatic N) is 1. The third-order valence-electron chi connectivity index (χ3n) is 11.9. The predicted molar refractivity (Wildman–Crippen MR) is 162 cm³/mol. The van der Waals surface area contributed by atoms with E-state index in [4.69, 9.17) is 4.74 Å². The van der Waals surface area contributed by atoms with E-state index < -0.39 is 22.3 Å². The first kappa shape index (κ1) is 34.5. The van der Waals surface area contributed by atoms with Crippen molar-refractivity contribution in [2.24, 2.45) is 44.3 Å². The van der Waals surface area contributed by atoms with Gasteiger partial charge in [-0.3, -0.25) is 9.59 Å². The number of aliphatic hydroxyl groups excluding tert-OH is 1. The largest absolute Gasteiger partial charge is 0.469 e. The quantitative estimate of drug-likeness (QED) is 0.243. The maximum absolute atomic E-state index is 13.3. The first-order valence-electron chi connectivity index (χ1n) is 15.6. The summed E-state index contributed by atoms with van der Waals surface area (Å²) in [5.41, 5.74) is -1.51. The van der Waals surface area contributed by atoms with Gasteiger partial charge in [-0.15, -0.1) is 0 Å². The summed E-state index contributed by atoms with van der Waals surface area (Å²) < 4.78 is 5.35. The molecule has 0 bridgehead atoms. The molecule has 0 aromatic heterocycles. The molecule has 1 N–H and O–H groups in total. The van der Waals surface area contributed by atoms with Crippen LogP contribution in [0.15, 0.2) is 11.6 Å². The number of ether oxygens (including phenoxy) is 1. The number of hydrogen-bond donors (Lipinski definition) is 1. The van der Waals surface area contributed by atoms with Crippen molar-refractivity contribution in [3.05, 3.63) is 11.6 Å². The summed E-state index contributed by atoms with van der Waals surface area (Å²) in [6.45, 7) is 23.9. The van der Waals surface area contributed by atoms with E-state index in [0.717, 1.165) is 51.4 Å². The summed E-state index contributed by atoms with van der Waals surface area (Å²) in [5, 5.41) is 20.7. The molecule has 6 atom stereocenters. The van der Waals surface area contributed by atoms with Crippen LogP contribution in [0.5, 0.6) is 0 Å². The van der Waals surface area contributed by atoms with Crippen molar-refractivity contribution in [1.29, 1.82) is 5.26 Å². The van der Waals surface area contributed by atoms with E-state index in [9.17, 15) is 20.0 Å². The van der Waals surface area contributed by atoms with Crippen LogP contribution >= 0.6 is 0 Å². The number of rotatable bonds is 12. The van der Waals surface area contributed by atoms with E-state index in [0.29, 0.717) is 6.42 Å². The number of aliphatic hydroxyl groups is 1. The lowest BCUT2D eigenvalue weighted by Crippen LogP contribution is -2.60. The van der Waals surface area contributed by atoms with Crippen LogP contribution in [0.4, 0.5) is 0 Å². The van der Waals surface area contributed by atoms with Gasteiger partial charge in [0.15, 0.2) is 5.78 Å². The Bertz CT molecular complexity index is 1010. The van der Waals surface area contributed by atoms with Crippen molar-refractivity contribution in [3.8, 4) is 6.07 Å². The maximum atomic E-state index is 13.3. The molecule has 0 aliphatic heterocycles. The van der Waals surface area contributed by atoms with Gasteiger partial charge in [0.2, 0.25) is 0 Å². The van der Waals surface area contributed by atoms with Crippen LogP contribution in [0.3, 0.4) is 0 Å². The van der Waals surface area contributed by atoms with E-state index in [1.807, 2.05) is 26.8 Å². The molecule has 40 heavy (non-hydrogen) atoms. The summed E-state index contributed by atoms with van der Waals surface area (Å²) in [6, 6.07) is 2.20. The second-order valence-corrected chi connectivity index (χ2v) is 16.1. The van der Waals surface area contributed by atoms with Crippen LogP contribution in [0, 0.1) is 55.7 Å². The Morgan fingerprint density at radius 2 is 1.68 bits per heavy atom. The lowest BCUT2D eigenvalue weighted by molar-refractivity contribution is -0.160. The minimum atomic E-state index is -0.633. The highest BCUT2D eigenvalue weighted by Crippen LogP contribution is 2.68. The van der Waals surface area contributed by atoms with Gasteiger partial charge in [0.05, 0.1) is 24.2 Å². The summed E-state index contributed by atoms with van der Waals surface area (Å²) in [4.78, 5) is 26.4. The van der Waals surface area contributed by atoms with Crippen molar-refractivity contribution >= 4 is 11.8 Å². The summed E-state index contributed by atoms with van der Waals surface area (Å²) >= 11 is 0. The summed E-state index contributed by atoms with van der Waals surface area (Å²) in [6.07, 6.45) is 9.48. The monoisotopic (exact) mass is 557 g/mol. The highest BCUT2D eigenvalue weighted by molar-refractivity contribution is 6.04. The number of ketones is 1. The highest BCUT2D eigenvalue weighted by Gasteiger charge is 2.63. The second-order valence-electron chi connectivity index (χ2n) is 16.1. The van der Waals surface area contributed by atoms with Gasteiger partial charge in [-0.05, 0) is 98.7 Å². The van der Waals surface area contributed by atoms with E-state index in [1.165, 1.54) is 7.11 Å². The van der Waals surface area contributed by atoms with Crippen molar-refractivity contribution in [2.45, 2.75) is 140 Å². The molecule has 0 aromatic carbocycles. The first-order valence-corrected chi connectivity index (χ1v) is 15.6. The zero-order valence-electron chi connectivity index (χ0n) is 27.8. The molecule has 2 rings (SSSR count). The van der Waals surface area contributed by atoms with Crippen LogP contribution in [-0.2, 0) is 14.3 Å². The molecule has 228 valence electrons. The van der Waals surface area contributed by atoms with Crippen LogP contribution < -0.4 is 0 Å². The number of Topliss-reactive ketones (excluding diaryl/α,β-unsaturated/α-hetero) is 1. The van der Waals surface area contributed by atoms with Crippen molar-refractivity contribution < 1.29 is 19.4 Å². The van der Waals surface area contributed by atoms with Crippen molar-refractivity contribution in [1.82, 2.24) is 0 Å². The number of carbonyl (C=O) groups excluding carboxylic acids is 2. The Kier molecular flexibility index (Phi) is 10.3. The van der Waals surface area contributed by atoms with Crippen LogP contribution in [0.1, 0.15) is 134 Å². The van der Waals surface area contributed by atoms with Gasteiger partial charge in [-0.2, -0.15) is 5.26 Å². The van der Waals surface area contributed by atoms with Crippen LogP contribution in [0.2, 0.25) is 0 Å². The number of esters is 1. The normalized spacial score (nSPS) is 30.9. The second kappa shape index (κ2) is 11.9. The van der Waals surface area contributed by atoms with Gasteiger partial charge in [0.25, 0.3) is 0 Å². The number of carbonyl (C=O) groups is 2. The topological polar surface area (TPSA) is 87.4 Å². The Morgan fingerprint density at radius 1 is 1.10 bits per heavy atom. The van der Waals surface area contributed by atoms with Crippen molar-refractivity contribution in [2.75, 3.05) is 7.11 Å². The van der Waals surface area contributed by atoms with E-state index in [2.05, 4.69) is 61.5 Å². The van der Waals surface area contributed by atoms with Gasteiger partial charge >= 0.3 is 5.97 Å². The Balaban J connectivity index is 2.50. The predicted octanol–water partition coefficient (Wildman–Crippen LogP) is 8.45. The van der Waals surface area contributed by atoms with Crippen molar-refractivity contribution in [3.63, 3.8) is 0 Å². The van der Waals surface area contributed by atoms with Gasteiger partial charge < -0.3 is 9.84 Å². The third kappa shape index (κ3) is 6.38. The molecule has 2 aliphatic rings. The fourth-order valence-electron chi connectivity index (χ4n) is 8.69. The molecule has 5 heteroatoms. The van der Waals surface area contributed by atoms with E-state index >= 15 is 0 Å². The van der Waals surface area contributed by atoms with E-state index in [-0.39, 0.29) is 45.4 Å². The fourth-order valence-corrected chi connectivity index (χ4v) is 8.69. The lowest BCUT2D eigenvalue weighted by atomic mass is 9.39. The molecule has 0 unspecified atom stereocenters. The van der Waals surface area contributed by atoms with E-state index in [1.54, 1.807) is 0 Å². The zero-order valence-corrected chi connectivity index (χ0v) is 27.8. The van der Waals surface area contributed by atoms with Gasteiger partial charge in [-0.25, -0.2) is 0 Å². The molecule has 2 aliphatic carbocycles. The number of hydrogen-bond acceptors (Lipinski definition) is 5. The minimum Gasteiger partial charge on any atom is -0.469 e. The number of fused-ring (bicyclic) bond motifs is 1. The Labute approximate surface area is 245 Å². The number of allylic oxidation sites excluding steroid dienone is 2. The number of methoxy groups -OCH3 is 1. The first-order chi connectivity index (χ1) is 18.2. The molecule has 0 amide bonds. The molecule has 1 saturated carbocycles. The SMILES string of the molecule is CCCC(C)(C)CC[C@@](C)(CCC(C)(C)[C@]1(C)CC[C@H]2C(C)(C)C(=O)C(C#N)=C[C@]2(C)[C@H]1C[C@H](C)O)C(=O)OC. The molecular formula is C35H59NO4. The average Bonchev–Trinajstić information content (AvgIpc) is 2.85. The lowest BCUT2D eigenvalue weighted by Gasteiger charge is -2.64. The molecule has 0 radical (unpaired) electrons. The summed E-state index contributed by atoms with van der Waals surface area (Å²) in [7, 11) is 1.50. The maximum Gasteiger partial charge on any atom is 0.311 e.